The van der Waals surface area contributed by atoms with E-state index in [1.165, 1.54) is 25.7 Å². The largest absolute Gasteiger partial charge is 0.381 e. The Hall–Kier alpha value is -0.790. The molecule has 1 aromatic rings. The van der Waals surface area contributed by atoms with Gasteiger partial charge >= 0.3 is 0 Å². The van der Waals surface area contributed by atoms with Gasteiger partial charge in [-0.3, -0.25) is 0 Å². The monoisotopic (exact) mass is 292 g/mol. The zero-order valence-corrected chi connectivity index (χ0v) is 13.1. The molecule has 19 heavy (non-hydrogen) atoms. The van der Waals surface area contributed by atoms with Crippen LogP contribution in [0.1, 0.15) is 31.2 Å². The number of hydrogen-bond donors (Lipinski definition) is 1. The predicted octanol–water partition coefficient (Wildman–Crippen LogP) is 4.37. The smallest absolute Gasteiger partial charge is 0.102 e. The van der Waals surface area contributed by atoms with Gasteiger partial charge in [-0.2, -0.15) is 17.0 Å². The quantitative estimate of drug-likeness (QED) is 0.836. The molecule has 0 amide bonds. The molecule has 0 radical (unpaired) electrons. The molecule has 1 saturated carbocycles. The molecule has 4 heteroatoms. The van der Waals surface area contributed by atoms with Crippen LogP contribution in [-0.2, 0) is 0 Å². The number of nitrogens with zero attached hydrogens (tertiary/aromatic N) is 1. The Balaban J connectivity index is 2.06. The molecular formula is C15H20N2S2. The summed E-state index contributed by atoms with van der Waals surface area (Å²) in [5.41, 5.74) is 1.80. The Morgan fingerprint density at radius 3 is 2.53 bits per heavy atom. The van der Waals surface area contributed by atoms with Crippen LogP contribution in [0.25, 0.3) is 0 Å². The molecule has 1 aliphatic carbocycles. The number of nitriles is 1. The normalized spacial score (nSPS) is 22.8. The number of rotatable bonds is 4. The number of anilines is 1. The molecule has 0 saturated heterocycles. The molecule has 102 valence electrons. The lowest BCUT2D eigenvalue weighted by atomic mass is 9.94. The minimum Gasteiger partial charge on any atom is -0.381 e. The van der Waals surface area contributed by atoms with E-state index in [9.17, 15) is 5.26 Å². The lowest BCUT2D eigenvalue weighted by molar-refractivity contribution is 0.473. The van der Waals surface area contributed by atoms with Crippen molar-refractivity contribution < 1.29 is 0 Å². The van der Waals surface area contributed by atoms with Gasteiger partial charge < -0.3 is 5.32 Å². The van der Waals surface area contributed by atoms with Crippen molar-refractivity contribution in [2.75, 3.05) is 17.8 Å². The molecule has 0 atom stereocenters. The molecular weight excluding hydrogens is 272 g/mol. The van der Waals surface area contributed by atoms with Crippen LogP contribution in [0, 0.1) is 11.3 Å². The standard InChI is InChI=1S/C15H20N2S2/c1-18-12-8-6-11(7-9-12)17-14-4-3-5-15(19-2)13(14)10-16/h3-5,11-12,17H,6-9H2,1-2H3. The highest BCUT2D eigenvalue weighted by molar-refractivity contribution is 7.99. The molecule has 1 aliphatic rings. The van der Waals surface area contributed by atoms with E-state index in [4.69, 9.17) is 0 Å². The van der Waals surface area contributed by atoms with Gasteiger partial charge in [0.25, 0.3) is 0 Å². The molecule has 1 fully saturated rings. The van der Waals surface area contributed by atoms with E-state index in [2.05, 4.69) is 17.6 Å². The summed E-state index contributed by atoms with van der Waals surface area (Å²) in [6.07, 6.45) is 9.20. The third-order valence-electron chi connectivity index (χ3n) is 3.73. The van der Waals surface area contributed by atoms with Crippen molar-refractivity contribution >= 4 is 29.2 Å². The maximum Gasteiger partial charge on any atom is 0.102 e. The number of thioether (sulfide) groups is 2. The van der Waals surface area contributed by atoms with Gasteiger partial charge in [-0.05, 0) is 50.3 Å². The SMILES string of the molecule is CSc1cccc(NC2CCC(SC)CC2)c1C#N. The lowest BCUT2D eigenvalue weighted by Gasteiger charge is -2.29. The zero-order valence-electron chi connectivity index (χ0n) is 11.5. The van der Waals surface area contributed by atoms with Crippen LogP contribution in [0.15, 0.2) is 23.1 Å². The highest BCUT2D eigenvalue weighted by Crippen LogP contribution is 2.31. The third-order valence-corrected chi connectivity index (χ3v) is 5.64. The molecule has 1 aromatic carbocycles. The van der Waals surface area contributed by atoms with Gasteiger partial charge in [0, 0.05) is 16.2 Å². The molecule has 0 bridgehead atoms. The second kappa shape index (κ2) is 7.12. The van der Waals surface area contributed by atoms with Gasteiger partial charge in [0.1, 0.15) is 6.07 Å². The summed E-state index contributed by atoms with van der Waals surface area (Å²) in [6, 6.07) is 8.93. The summed E-state index contributed by atoms with van der Waals surface area (Å²) >= 11 is 3.62. The van der Waals surface area contributed by atoms with E-state index in [0.29, 0.717) is 6.04 Å². The van der Waals surface area contributed by atoms with Crippen molar-refractivity contribution in [3.63, 3.8) is 0 Å². The Morgan fingerprint density at radius 2 is 1.95 bits per heavy atom. The van der Waals surface area contributed by atoms with Crippen molar-refractivity contribution in [3.8, 4) is 6.07 Å². The van der Waals surface area contributed by atoms with Crippen LogP contribution in [0.3, 0.4) is 0 Å². The summed E-state index contributed by atoms with van der Waals surface area (Å²) in [4.78, 5) is 1.06. The van der Waals surface area contributed by atoms with E-state index in [-0.39, 0.29) is 0 Å². The molecule has 0 unspecified atom stereocenters. The van der Waals surface area contributed by atoms with Gasteiger partial charge in [-0.25, -0.2) is 0 Å². The fourth-order valence-corrected chi connectivity index (χ4v) is 3.92. The Bertz CT molecular complexity index is 460. The fourth-order valence-electron chi connectivity index (χ4n) is 2.60. The number of benzene rings is 1. The van der Waals surface area contributed by atoms with E-state index in [1.807, 2.05) is 36.2 Å². The van der Waals surface area contributed by atoms with Gasteiger partial charge in [0.05, 0.1) is 11.3 Å². The maximum atomic E-state index is 9.33. The molecule has 2 rings (SSSR count). The van der Waals surface area contributed by atoms with Gasteiger partial charge in [-0.1, -0.05) is 6.07 Å². The van der Waals surface area contributed by atoms with Crippen LogP contribution in [0.4, 0.5) is 5.69 Å². The number of hydrogen-bond acceptors (Lipinski definition) is 4. The van der Waals surface area contributed by atoms with Crippen molar-refractivity contribution in [1.82, 2.24) is 0 Å². The summed E-state index contributed by atoms with van der Waals surface area (Å²) in [5, 5.41) is 13.7. The molecule has 0 aliphatic heterocycles. The highest BCUT2D eigenvalue weighted by Gasteiger charge is 2.21. The molecule has 1 N–H and O–H groups in total. The first-order valence-corrected chi connectivity index (χ1v) is 9.16. The second-order valence-electron chi connectivity index (χ2n) is 4.85. The topological polar surface area (TPSA) is 35.8 Å². The van der Waals surface area contributed by atoms with Gasteiger partial charge in [0.2, 0.25) is 0 Å². The minimum atomic E-state index is 0.521. The summed E-state index contributed by atoms with van der Waals surface area (Å²) < 4.78 is 0. The first-order chi connectivity index (χ1) is 9.28. The number of nitrogens with one attached hydrogen (secondary N) is 1. The molecule has 0 spiro atoms. The summed E-state index contributed by atoms with van der Waals surface area (Å²) in [6.45, 7) is 0. The highest BCUT2D eigenvalue weighted by atomic mass is 32.2. The van der Waals surface area contributed by atoms with Crippen LogP contribution >= 0.6 is 23.5 Å². The Kier molecular flexibility index (Phi) is 5.47. The van der Waals surface area contributed by atoms with Crippen LogP contribution in [0.5, 0.6) is 0 Å². The van der Waals surface area contributed by atoms with Crippen LogP contribution in [-0.4, -0.2) is 23.8 Å². The first-order valence-electron chi connectivity index (χ1n) is 6.65. The van der Waals surface area contributed by atoms with E-state index in [0.717, 1.165) is 21.4 Å². The summed E-state index contributed by atoms with van der Waals surface area (Å²) in [7, 11) is 0. The predicted molar refractivity (Wildman–Crippen MR) is 86.1 cm³/mol. The lowest BCUT2D eigenvalue weighted by Crippen LogP contribution is -2.27. The van der Waals surface area contributed by atoms with E-state index < -0.39 is 0 Å². The van der Waals surface area contributed by atoms with Crippen LogP contribution < -0.4 is 5.32 Å². The van der Waals surface area contributed by atoms with Crippen molar-refractivity contribution in [1.29, 1.82) is 5.26 Å². The van der Waals surface area contributed by atoms with Crippen molar-refractivity contribution in [2.45, 2.75) is 41.9 Å². The van der Waals surface area contributed by atoms with Crippen LogP contribution in [0.2, 0.25) is 0 Å². The Morgan fingerprint density at radius 1 is 1.21 bits per heavy atom. The third kappa shape index (κ3) is 3.61. The summed E-state index contributed by atoms with van der Waals surface area (Å²) in [5.74, 6) is 0. The van der Waals surface area contributed by atoms with E-state index in [1.54, 1.807) is 11.8 Å². The Labute approximate surface area is 124 Å². The molecule has 0 heterocycles. The van der Waals surface area contributed by atoms with E-state index >= 15 is 0 Å². The molecule has 0 aromatic heterocycles. The zero-order chi connectivity index (χ0) is 13.7. The van der Waals surface area contributed by atoms with Gasteiger partial charge in [0.15, 0.2) is 0 Å². The fraction of sp³-hybridized carbons (Fsp3) is 0.533. The maximum absolute atomic E-state index is 9.33. The minimum absolute atomic E-state index is 0.521. The van der Waals surface area contributed by atoms with Gasteiger partial charge in [-0.15, -0.1) is 11.8 Å². The van der Waals surface area contributed by atoms with Crippen molar-refractivity contribution in [3.05, 3.63) is 23.8 Å². The average molecular weight is 292 g/mol. The first kappa shape index (κ1) is 14.6. The molecule has 2 nitrogen and oxygen atoms in total. The van der Waals surface area contributed by atoms with Crippen molar-refractivity contribution in [2.24, 2.45) is 0 Å². The second-order valence-corrected chi connectivity index (χ2v) is 6.83. The average Bonchev–Trinajstić information content (AvgIpc) is 2.47.